The molecule has 1 unspecified atom stereocenters. The van der Waals surface area contributed by atoms with Crippen LogP contribution < -0.4 is 5.32 Å². The van der Waals surface area contributed by atoms with E-state index < -0.39 is 0 Å². The maximum absolute atomic E-state index is 11.6. The van der Waals surface area contributed by atoms with Crippen LogP contribution in [0.25, 0.3) is 0 Å². The first-order valence-electron chi connectivity index (χ1n) is 7.38. The van der Waals surface area contributed by atoms with Gasteiger partial charge in [-0.25, -0.2) is 0 Å². The quantitative estimate of drug-likeness (QED) is 0.476. The van der Waals surface area contributed by atoms with Gasteiger partial charge in [-0.3, -0.25) is 9.59 Å². The van der Waals surface area contributed by atoms with Crippen molar-refractivity contribution in [2.24, 2.45) is 5.92 Å². The lowest BCUT2D eigenvalue weighted by atomic mass is 9.95. The van der Waals surface area contributed by atoms with Gasteiger partial charge in [-0.1, -0.05) is 12.2 Å². The number of carbonyl (C=O) groups is 2. The zero-order chi connectivity index (χ0) is 14.9. The Morgan fingerprint density at radius 2 is 2.29 bits per heavy atom. The summed E-state index contributed by atoms with van der Waals surface area (Å²) in [6, 6.07) is 3.26. The molecular weight excluding hydrogens is 270 g/mol. The highest BCUT2D eigenvalue weighted by Crippen LogP contribution is 2.18. The summed E-state index contributed by atoms with van der Waals surface area (Å²) >= 11 is 0. The smallest absolute Gasteiger partial charge is 0.305 e. The first-order valence-corrected chi connectivity index (χ1v) is 7.38. The minimum absolute atomic E-state index is 0.197. The fraction of sp³-hybridized carbons (Fsp3) is 0.500. The van der Waals surface area contributed by atoms with Crippen LogP contribution in [0.15, 0.2) is 35.0 Å². The van der Waals surface area contributed by atoms with Crippen molar-refractivity contribution in [2.75, 3.05) is 13.2 Å². The van der Waals surface area contributed by atoms with E-state index in [-0.39, 0.29) is 17.6 Å². The molecule has 0 bridgehead atoms. The van der Waals surface area contributed by atoms with Crippen LogP contribution in [0.2, 0.25) is 0 Å². The summed E-state index contributed by atoms with van der Waals surface area (Å²) in [7, 11) is 0. The molecule has 5 heteroatoms. The summed E-state index contributed by atoms with van der Waals surface area (Å²) in [5, 5.41) is 2.70. The Kier molecular flexibility index (Phi) is 6.06. The molecule has 0 saturated heterocycles. The highest BCUT2D eigenvalue weighted by Gasteiger charge is 2.13. The molecular formula is C16H21NO4. The number of nitrogens with one attached hydrogen (secondary N) is 1. The molecule has 21 heavy (non-hydrogen) atoms. The Labute approximate surface area is 124 Å². The van der Waals surface area contributed by atoms with Gasteiger partial charge < -0.3 is 14.5 Å². The summed E-state index contributed by atoms with van der Waals surface area (Å²) in [5.74, 6) is 0.277. The molecule has 0 aliphatic heterocycles. The van der Waals surface area contributed by atoms with Crippen LogP contribution in [0, 0.1) is 5.92 Å². The van der Waals surface area contributed by atoms with Crippen molar-refractivity contribution in [2.45, 2.75) is 32.1 Å². The van der Waals surface area contributed by atoms with Crippen LogP contribution in [0.1, 0.15) is 42.7 Å². The Balaban J connectivity index is 1.53. The molecule has 0 saturated carbocycles. The minimum Gasteiger partial charge on any atom is -0.465 e. The Bertz CT molecular complexity index is 478. The van der Waals surface area contributed by atoms with E-state index in [0.717, 1.165) is 19.3 Å². The van der Waals surface area contributed by atoms with Gasteiger partial charge in [-0.2, -0.15) is 0 Å². The van der Waals surface area contributed by atoms with Crippen molar-refractivity contribution >= 4 is 11.9 Å². The third-order valence-electron chi connectivity index (χ3n) is 3.45. The number of amides is 1. The molecule has 1 amide bonds. The predicted octanol–water partition coefficient (Wildman–Crippen LogP) is 2.69. The second-order valence-electron chi connectivity index (χ2n) is 5.17. The van der Waals surface area contributed by atoms with Crippen molar-refractivity contribution in [3.63, 3.8) is 0 Å². The highest BCUT2D eigenvalue weighted by molar-refractivity contribution is 5.91. The molecule has 0 aromatic carbocycles. The Morgan fingerprint density at radius 1 is 1.38 bits per heavy atom. The SMILES string of the molecule is O=C(CCCNC(=O)c1ccco1)OCC1CC=CCC1. The molecule has 0 fully saturated rings. The third kappa shape index (κ3) is 5.45. The molecule has 0 spiro atoms. The summed E-state index contributed by atoms with van der Waals surface area (Å²) in [4.78, 5) is 23.1. The molecule has 1 aromatic rings. The minimum atomic E-state index is -0.262. The van der Waals surface area contributed by atoms with Crippen molar-refractivity contribution in [1.29, 1.82) is 0 Å². The van der Waals surface area contributed by atoms with E-state index in [1.807, 2.05) is 0 Å². The second-order valence-corrected chi connectivity index (χ2v) is 5.17. The summed E-state index contributed by atoms with van der Waals surface area (Å²) in [6.45, 7) is 0.933. The van der Waals surface area contributed by atoms with Gasteiger partial charge in [0.2, 0.25) is 0 Å². The molecule has 1 aliphatic rings. The highest BCUT2D eigenvalue weighted by atomic mass is 16.5. The topological polar surface area (TPSA) is 68.5 Å². The molecule has 1 aromatic heterocycles. The van der Waals surface area contributed by atoms with E-state index in [9.17, 15) is 9.59 Å². The molecule has 1 aliphatic carbocycles. The van der Waals surface area contributed by atoms with Crippen molar-refractivity contribution in [3.05, 3.63) is 36.3 Å². The van der Waals surface area contributed by atoms with E-state index in [1.54, 1.807) is 12.1 Å². The van der Waals surface area contributed by atoms with Gasteiger partial charge in [-0.15, -0.1) is 0 Å². The largest absolute Gasteiger partial charge is 0.465 e. The van der Waals surface area contributed by atoms with E-state index in [2.05, 4.69) is 17.5 Å². The summed E-state index contributed by atoms with van der Waals surface area (Å²) in [6.07, 6.45) is 9.80. The number of hydrogen-bond donors (Lipinski definition) is 1. The fourth-order valence-corrected chi connectivity index (χ4v) is 2.22. The third-order valence-corrected chi connectivity index (χ3v) is 3.45. The van der Waals surface area contributed by atoms with Gasteiger partial charge in [0.25, 0.3) is 5.91 Å². The second kappa shape index (κ2) is 8.29. The van der Waals surface area contributed by atoms with Gasteiger partial charge in [0, 0.05) is 13.0 Å². The number of hydrogen-bond acceptors (Lipinski definition) is 4. The first kappa shape index (κ1) is 15.4. The Hall–Kier alpha value is -2.04. The molecule has 114 valence electrons. The summed E-state index contributed by atoms with van der Waals surface area (Å²) < 4.78 is 10.2. The van der Waals surface area contributed by atoms with E-state index in [0.29, 0.717) is 31.9 Å². The van der Waals surface area contributed by atoms with Crippen LogP contribution in [-0.4, -0.2) is 25.0 Å². The van der Waals surface area contributed by atoms with Crippen LogP contribution in [0.5, 0.6) is 0 Å². The lowest BCUT2D eigenvalue weighted by molar-refractivity contribution is -0.145. The lowest BCUT2D eigenvalue weighted by Crippen LogP contribution is -2.24. The lowest BCUT2D eigenvalue weighted by Gasteiger charge is -2.17. The van der Waals surface area contributed by atoms with Gasteiger partial charge in [0.05, 0.1) is 12.9 Å². The van der Waals surface area contributed by atoms with Crippen LogP contribution in [-0.2, 0) is 9.53 Å². The molecule has 0 radical (unpaired) electrons. The fourth-order valence-electron chi connectivity index (χ4n) is 2.22. The van der Waals surface area contributed by atoms with Crippen molar-refractivity contribution in [3.8, 4) is 0 Å². The van der Waals surface area contributed by atoms with Crippen LogP contribution >= 0.6 is 0 Å². The first-order chi connectivity index (χ1) is 10.3. The monoisotopic (exact) mass is 291 g/mol. The average Bonchev–Trinajstić information content (AvgIpc) is 3.05. The molecule has 1 N–H and O–H groups in total. The number of furan rings is 1. The van der Waals surface area contributed by atoms with E-state index in [4.69, 9.17) is 9.15 Å². The predicted molar refractivity (Wildman–Crippen MR) is 77.7 cm³/mol. The molecule has 1 atom stereocenters. The number of rotatable bonds is 7. The zero-order valence-electron chi connectivity index (χ0n) is 12.0. The van der Waals surface area contributed by atoms with Gasteiger partial charge >= 0.3 is 5.97 Å². The van der Waals surface area contributed by atoms with Crippen molar-refractivity contribution in [1.82, 2.24) is 5.32 Å². The van der Waals surface area contributed by atoms with Gasteiger partial charge in [0.1, 0.15) is 0 Å². The number of esters is 1. The standard InChI is InChI=1S/C16H21NO4/c18-15(21-12-13-6-2-1-3-7-13)9-4-10-17-16(19)14-8-5-11-20-14/h1-2,5,8,11,13H,3-4,6-7,9-10,12H2,(H,17,19). The van der Waals surface area contributed by atoms with Crippen LogP contribution in [0.4, 0.5) is 0 Å². The van der Waals surface area contributed by atoms with Crippen LogP contribution in [0.3, 0.4) is 0 Å². The normalized spacial score (nSPS) is 17.4. The number of carbonyl (C=O) groups excluding carboxylic acids is 2. The molecule has 5 nitrogen and oxygen atoms in total. The Morgan fingerprint density at radius 3 is 3.00 bits per heavy atom. The average molecular weight is 291 g/mol. The van der Waals surface area contributed by atoms with E-state index >= 15 is 0 Å². The van der Waals surface area contributed by atoms with Gasteiger partial charge in [-0.05, 0) is 43.7 Å². The van der Waals surface area contributed by atoms with Crippen molar-refractivity contribution < 1.29 is 18.7 Å². The molecule has 2 rings (SSSR count). The molecule has 1 heterocycles. The maximum atomic E-state index is 11.6. The maximum Gasteiger partial charge on any atom is 0.305 e. The zero-order valence-corrected chi connectivity index (χ0v) is 12.0. The van der Waals surface area contributed by atoms with Gasteiger partial charge in [0.15, 0.2) is 5.76 Å². The number of allylic oxidation sites excluding steroid dienone is 2. The summed E-state index contributed by atoms with van der Waals surface area (Å²) in [5.41, 5.74) is 0. The van der Waals surface area contributed by atoms with E-state index in [1.165, 1.54) is 6.26 Å². The number of ether oxygens (including phenoxy) is 1.